The largest absolute Gasteiger partial charge is 0.445 e. The van der Waals surface area contributed by atoms with Crippen molar-refractivity contribution in [1.82, 2.24) is 10.2 Å². The Bertz CT molecular complexity index is 794. The molecule has 2 amide bonds. The Morgan fingerprint density at radius 1 is 1.07 bits per heavy atom. The smallest absolute Gasteiger partial charge is 0.411 e. The van der Waals surface area contributed by atoms with Crippen LogP contribution in [0.3, 0.4) is 0 Å². The van der Waals surface area contributed by atoms with Crippen molar-refractivity contribution < 1.29 is 19.1 Å². The van der Waals surface area contributed by atoms with Gasteiger partial charge in [-0.15, -0.1) is 0 Å². The third-order valence-corrected chi connectivity index (χ3v) is 4.82. The Hall–Kier alpha value is -2.86. The highest BCUT2D eigenvalue weighted by atomic mass is 16.6. The molecular formula is C22H26N2O4. The first-order chi connectivity index (χ1) is 13.7. The summed E-state index contributed by atoms with van der Waals surface area (Å²) < 4.78 is 10.5. The van der Waals surface area contributed by atoms with Crippen LogP contribution in [-0.2, 0) is 33.8 Å². The molecule has 0 spiro atoms. The van der Waals surface area contributed by atoms with Crippen LogP contribution in [-0.4, -0.2) is 43.2 Å². The Balaban J connectivity index is 1.69. The highest BCUT2D eigenvalue weighted by Gasteiger charge is 2.35. The van der Waals surface area contributed by atoms with Crippen molar-refractivity contribution in [3.8, 4) is 0 Å². The molecule has 6 heteroatoms. The van der Waals surface area contributed by atoms with Crippen LogP contribution < -0.4 is 5.32 Å². The average Bonchev–Trinajstić information content (AvgIpc) is 2.74. The first-order valence-electron chi connectivity index (χ1n) is 9.50. The van der Waals surface area contributed by atoms with Gasteiger partial charge in [0, 0.05) is 26.7 Å². The van der Waals surface area contributed by atoms with Crippen molar-refractivity contribution in [2.45, 2.75) is 32.0 Å². The predicted molar refractivity (Wildman–Crippen MR) is 106 cm³/mol. The molecule has 0 aliphatic carbocycles. The number of ether oxygens (including phenoxy) is 2. The zero-order chi connectivity index (χ0) is 19.8. The molecule has 2 aromatic rings. The number of nitrogens with zero attached hydrogens (tertiary/aromatic N) is 1. The second kappa shape index (κ2) is 9.90. The zero-order valence-corrected chi connectivity index (χ0v) is 16.1. The SMILES string of the molecule is COCCCNC(=O)[C@@H]1Cc2ccccc2CN1C(=O)OCc1ccccc1. The molecule has 0 radical (unpaired) electrons. The van der Waals surface area contributed by atoms with Crippen LogP contribution >= 0.6 is 0 Å². The molecule has 148 valence electrons. The maximum Gasteiger partial charge on any atom is 0.411 e. The minimum absolute atomic E-state index is 0.165. The highest BCUT2D eigenvalue weighted by Crippen LogP contribution is 2.24. The lowest BCUT2D eigenvalue weighted by Crippen LogP contribution is -2.52. The molecular weight excluding hydrogens is 356 g/mol. The summed E-state index contributed by atoms with van der Waals surface area (Å²) in [5.74, 6) is -0.165. The van der Waals surface area contributed by atoms with E-state index in [2.05, 4.69) is 5.32 Å². The maximum absolute atomic E-state index is 12.8. The van der Waals surface area contributed by atoms with Gasteiger partial charge in [0.15, 0.2) is 0 Å². The monoisotopic (exact) mass is 382 g/mol. The molecule has 3 rings (SSSR count). The molecule has 1 aliphatic heterocycles. The second-order valence-electron chi connectivity index (χ2n) is 6.79. The van der Waals surface area contributed by atoms with E-state index in [-0.39, 0.29) is 12.5 Å². The standard InChI is InChI=1S/C22H26N2O4/c1-27-13-7-12-23-21(25)20-14-18-10-5-6-11-19(18)15-24(20)22(26)28-16-17-8-3-2-4-9-17/h2-6,8-11,20H,7,12-16H2,1H3,(H,23,25)/t20-/m0/s1. The Kier molecular flexibility index (Phi) is 7.03. The summed E-state index contributed by atoms with van der Waals surface area (Å²) in [4.78, 5) is 27.1. The van der Waals surface area contributed by atoms with Crippen molar-refractivity contribution in [1.29, 1.82) is 0 Å². The van der Waals surface area contributed by atoms with Gasteiger partial charge in [0.25, 0.3) is 0 Å². The van der Waals surface area contributed by atoms with E-state index < -0.39 is 12.1 Å². The van der Waals surface area contributed by atoms with Crippen LogP contribution in [0.1, 0.15) is 23.1 Å². The summed E-state index contributed by atoms with van der Waals surface area (Å²) in [5.41, 5.74) is 3.04. The summed E-state index contributed by atoms with van der Waals surface area (Å²) in [6.07, 6.45) is 0.729. The molecule has 0 saturated carbocycles. The fourth-order valence-corrected chi connectivity index (χ4v) is 3.30. The van der Waals surface area contributed by atoms with Gasteiger partial charge < -0.3 is 14.8 Å². The Labute approximate surface area is 165 Å². The number of carbonyl (C=O) groups is 2. The number of fused-ring (bicyclic) bond motifs is 1. The van der Waals surface area contributed by atoms with E-state index in [1.54, 1.807) is 7.11 Å². The second-order valence-corrected chi connectivity index (χ2v) is 6.79. The van der Waals surface area contributed by atoms with Crippen molar-refractivity contribution >= 4 is 12.0 Å². The van der Waals surface area contributed by atoms with Crippen molar-refractivity contribution in [2.24, 2.45) is 0 Å². The fraction of sp³-hybridized carbons (Fsp3) is 0.364. The molecule has 0 saturated heterocycles. The number of rotatable bonds is 7. The van der Waals surface area contributed by atoms with Gasteiger partial charge in [0.1, 0.15) is 12.6 Å². The van der Waals surface area contributed by atoms with Gasteiger partial charge in [-0.3, -0.25) is 9.69 Å². The van der Waals surface area contributed by atoms with Gasteiger partial charge in [-0.25, -0.2) is 4.79 Å². The molecule has 2 aromatic carbocycles. The Morgan fingerprint density at radius 3 is 2.54 bits per heavy atom. The fourth-order valence-electron chi connectivity index (χ4n) is 3.30. The molecule has 1 heterocycles. The minimum Gasteiger partial charge on any atom is -0.445 e. The van der Waals surface area contributed by atoms with Crippen LogP contribution in [0.4, 0.5) is 4.79 Å². The molecule has 1 aliphatic rings. The predicted octanol–water partition coefficient (Wildman–Crippen LogP) is 2.90. The van der Waals surface area contributed by atoms with Crippen LogP contribution in [0.15, 0.2) is 54.6 Å². The molecule has 28 heavy (non-hydrogen) atoms. The van der Waals surface area contributed by atoms with E-state index in [0.29, 0.717) is 26.1 Å². The molecule has 0 aromatic heterocycles. The molecule has 0 fully saturated rings. The van der Waals surface area contributed by atoms with Gasteiger partial charge in [0.2, 0.25) is 5.91 Å². The minimum atomic E-state index is -0.583. The number of hydrogen-bond donors (Lipinski definition) is 1. The summed E-state index contributed by atoms with van der Waals surface area (Å²) in [6, 6.07) is 16.8. The third-order valence-electron chi connectivity index (χ3n) is 4.82. The van der Waals surface area contributed by atoms with Gasteiger partial charge in [-0.1, -0.05) is 54.6 Å². The van der Waals surface area contributed by atoms with Crippen molar-refractivity contribution in [3.63, 3.8) is 0 Å². The normalized spacial score (nSPS) is 15.6. The molecule has 1 N–H and O–H groups in total. The van der Waals surface area contributed by atoms with Crippen LogP contribution in [0.25, 0.3) is 0 Å². The van der Waals surface area contributed by atoms with E-state index >= 15 is 0 Å². The lowest BCUT2D eigenvalue weighted by Gasteiger charge is -2.35. The Morgan fingerprint density at radius 2 is 1.79 bits per heavy atom. The van der Waals surface area contributed by atoms with Gasteiger partial charge in [-0.2, -0.15) is 0 Å². The van der Waals surface area contributed by atoms with Crippen LogP contribution in [0, 0.1) is 0 Å². The summed E-state index contributed by atoms with van der Waals surface area (Å²) in [6.45, 7) is 1.63. The highest BCUT2D eigenvalue weighted by molar-refractivity contribution is 5.86. The zero-order valence-electron chi connectivity index (χ0n) is 16.1. The molecule has 0 unspecified atom stereocenters. The third kappa shape index (κ3) is 5.10. The van der Waals surface area contributed by atoms with E-state index in [1.165, 1.54) is 4.90 Å². The lowest BCUT2D eigenvalue weighted by atomic mass is 9.94. The van der Waals surface area contributed by atoms with Crippen LogP contribution in [0.2, 0.25) is 0 Å². The number of amides is 2. The number of methoxy groups -OCH3 is 1. The van der Waals surface area contributed by atoms with Crippen molar-refractivity contribution in [3.05, 3.63) is 71.3 Å². The van der Waals surface area contributed by atoms with E-state index in [9.17, 15) is 9.59 Å². The quantitative estimate of drug-likeness (QED) is 0.748. The summed E-state index contributed by atoms with van der Waals surface area (Å²) >= 11 is 0. The van der Waals surface area contributed by atoms with Gasteiger partial charge in [-0.05, 0) is 23.1 Å². The lowest BCUT2D eigenvalue weighted by molar-refractivity contribution is -0.126. The number of nitrogens with one attached hydrogen (secondary N) is 1. The van der Waals surface area contributed by atoms with Crippen LogP contribution in [0.5, 0.6) is 0 Å². The van der Waals surface area contributed by atoms with Crippen molar-refractivity contribution in [2.75, 3.05) is 20.3 Å². The topological polar surface area (TPSA) is 67.9 Å². The van der Waals surface area contributed by atoms with Gasteiger partial charge in [0.05, 0.1) is 6.54 Å². The summed E-state index contributed by atoms with van der Waals surface area (Å²) in [5, 5.41) is 2.91. The number of hydrogen-bond acceptors (Lipinski definition) is 4. The molecule has 1 atom stereocenters. The first-order valence-corrected chi connectivity index (χ1v) is 9.50. The maximum atomic E-state index is 12.8. The first kappa shape index (κ1) is 19.9. The molecule has 0 bridgehead atoms. The van der Waals surface area contributed by atoms with E-state index in [0.717, 1.165) is 23.1 Å². The molecule has 6 nitrogen and oxygen atoms in total. The number of carbonyl (C=O) groups excluding carboxylic acids is 2. The van der Waals surface area contributed by atoms with E-state index in [1.807, 2.05) is 54.6 Å². The van der Waals surface area contributed by atoms with Gasteiger partial charge >= 0.3 is 6.09 Å². The van der Waals surface area contributed by atoms with E-state index in [4.69, 9.17) is 9.47 Å². The number of benzene rings is 2. The average molecular weight is 382 g/mol. The summed E-state index contributed by atoms with van der Waals surface area (Å²) in [7, 11) is 1.63.